The third kappa shape index (κ3) is 3.01. The van der Waals surface area contributed by atoms with Crippen molar-refractivity contribution in [2.45, 2.75) is 6.92 Å². The number of benzene rings is 1. The molecular weight excluding hydrogens is 378 g/mol. The summed E-state index contributed by atoms with van der Waals surface area (Å²) in [5.41, 5.74) is 1.98. The summed E-state index contributed by atoms with van der Waals surface area (Å²) in [7, 11) is 1.56. The number of amides is 1. The monoisotopic (exact) mass is 387 g/mol. The van der Waals surface area contributed by atoms with Crippen LogP contribution in [0.2, 0.25) is 0 Å². The summed E-state index contributed by atoms with van der Waals surface area (Å²) >= 11 is 6.57. The molecule has 0 fully saturated rings. The molecule has 0 aliphatic carbocycles. The summed E-state index contributed by atoms with van der Waals surface area (Å²) < 4.78 is 11.6. The summed E-state index contributed by atoms with van der Waals surface area (Å²) in [5, 5.41) is 2.83. The van der Waals surface area contributed by atoms with Crippen molar-refractivity contribution in [2.24, 2.45) is 0 Å². The van der Waals surface area contributed by atoms with Gasteiger partial charge in [0.05, 0.1) is 24.6 Å². The van der Waals surface area contributed by atoms with E-state index in [2.05, 4.69) is 37.2 Å². The number of nitrogens with one attached hydrogen (secondary N) is 1. The lowest BCUT2D eigenvalue weighted by atomic mass is 10.1. The van der Waals surface area contributed by atoms with Crippen molar-refractivity contribution in [2.75, 3.05) is 12.4 Å². The Bertz CT molecular complexity index is 622. The van der Waals surface area contributed by atoms with Gasteiger partial charge in [-0.15, -0.1) is 0 Å². The van der Waals surface area contributed by atoms with Gasteiger partial charge in [-0.05, 0) is 46.6 Å². The standard InChI is InChI=1S/C13H11Br2NO3/c1-7-5-8(14)6-10(18-2)11(7)16-13(17)9-3-4-19-12(9)15/h3-6H,1-2H3,(H,16,17). The lowest BCUT2D eigenvalue weighted by Crippen LogP contribution is -2.13. The molecule has 2 aromatic rings. The Morgan fingerprint density at radius 1 is 1.37 bits per heavy atom. The van der Waals surface area contributed by atoms with E-state index in [1.165, 1.54) is 6.26 Å². The van der Waals surface area contributed by atoms with Gasteiger partial charge < -0.3 is 14.5 Å². The number of halogens is 2. The minimum Gasteiger partial charge on any atom is -0.495 e. The molecule has 0 spiro atoms. The summed E-state index contributed by atoms with van der Waals surface area (Å²) in [6.45, 7) is 1.90. The van der Waals surface area contributed by atoms with Gasteiger partial charge >= 0.3 is 0 Å². The van der Waals surface area contributed by atoms with Gasteiger partial charge in [-0.1, -0.05) is 15.9 Å². The third-order valence-electron chi connectivity index (χ3n) is 2.59. The van der Waals surface area contributed by atoms with Crippen molar-refractivity contribution in [1.29, 1.82) is 0 Å². The topological polar surface area (TPSA) is 51.5 Å². The molecule has 0 saturated carbocycles. The molecule has 100 valence electrons. The van der Waals surface area contributed by atoms with E-state index in [9.17, 15) is 4.79 Å². The van der Waals surface area contributed by atoms with Crippen molar-refractivity contribution in [3.05, 3.63) is 44.7 Å². The fourth-order valence-electron chi connectivity index (χ4n) is 1.67. The predicted molar refractivity (Wildman–Crippen MR) is 79.8 cm³/mol. The molecule has 0 atom stereocenters. The summed E-state index contributed by atoms with van der Waals surface area (Å²) in [6, 6.07) is 5.30. The molecule has 0 unspecified atom stereocenters. The van der Waals surface area contributed by atoms with Gasteiger partial charge in [0.1, 0.15) is 5.75 Å². The number of methoxy groups -OCH3 is 1. The lowest BCUT2D eigenvalue weighted by Gasteiger charge is -2.13. The second-order valence-corrected chi connectivity index (χ2v) is 5.50. The van der Waals surface area contributed by atoms with Crippen LogP contribution in [-0.2, 0) is 0 Å². The van der Waals surface area contributed by atoms with Gasteiger partial charge in [0.25, 0.3) is 5.91 Å². The van der Waals surface area contributed by atoms with Crippen LogP contribution in [0.15, 0.2) is 38.0 Å². The molecule has 4 nitrogen and oxygen atoms in total. The number of rotatable bonds is 3. The van der Waals surface area contributed by atoms with E-state index in [-0.39, 0.29) is 5.91 Å². The largest absolute Gasteiger partial charge is 0.495 e. The zero-order valence-corrected chi connectivity index (χ0v) is 13.5. The number of anilines is 1. The highest BCUT2D eigenvalue weighted by Crippen LogP contribution is 2.32. The highest BCUT2D eigenvalue weighted by Gasteiger charge is 2.16. The zero-order chi connectivity index (χ0) is 14.0. The van der Waals surface area contributed by atoms with E-state index in [0.717, 1.165) is 10.0 Å². The smallest absolute Gasteiger partial charge is 0.260 e. The lowest BCUT2D eigenvalue weighted by molar-refractivity contribution is 0.102. The van der Waals surface area contributed by atoms with Gasteiger partial charge in [-0.25, -0.2) is 0 Å². The fourth-order valence-corrected chi connectivity index (χ4v) is 2.64. The highest BCUT2D eigenvalue weighted by molar-refractivity contribution is 9.10. The average molecular weight is 389 g/mol. The maximum atomic E-state index is 12.1. The molecular formula is C13H11Br2NO3. The van der Waals surface area contributed by atoms with Crippen molar-refractivity contribution in [3.8, 4) is 5.75 Å². The molecule has 0 saturated heterocycles. The highest BCUT2D eigenvalue weighted by atomic mass is 79.9. The second kappa shape index (κ2) is 5.79. The predicted octanol–water partition coefficient (Wildman–Crippen LogP) is 4.37. The number of hydrogen-bond donors (Lipinski definition) is 1. The molecule has 1 aromatic heterocycles. The Labute approximate surface area is 127 Å². The first-order valence-electron chi connectivity index (χ1n) is 5.41. The van der Waals surface area contributed by atoms with Gasteiger partial charge in [0.15, 0.2) is 4.67 Å². The van der Waals surface area contributed by atoms with Crippen LogP contribution >= 0.6 is 31.9 Å². The van der Waals surface area contributed by atoms with Crippen LogP contribution in [0.1, 0.15) is 15.9 Å². The summed E-state index contributed by atoms with van der Waals surface area (Å²) in [5.74, 6) is 0.337. The number of aryl methyl sites for hydroxylation is 1. The van der Waals surface area contributed by atoms with Gasteiger partial charge in [-0.2, -0.15) is 0 Å². The van der Waals surface area contributed by atoms with Crippen LogP contribution in [0, 0.1) is 6.92 Å². The van der Waals surface area contributed by atoms with E-state index in [4.69, 9.17) is 9.15 Å². The Kier molecular flexibility index (Phi) is 4.31. The van der Waals surface area contributed by atoms with Gasteiger partial charge in [-0.3, -0.25) is 4.79 Å². The van der Waals surface area contributed by atoms with Crippen molar-refractivity contribution >= 4 is 43.5 Å². The normalized spacial score (nSPS) is 10.3. The Morgan fingerprint density at radius 3 is 2.68 bits per heavy atom. The van der Waals surface area contributed by atoms with E-state index in [1.54, 1.807) is 19.2 Å². The molecule has 1 N–H and O–H groups in total. The summed E-state index contributed by atoms with van der Waals surface area (Å²) in [4.78, 5) is 12.1. The van der Waals surface area contributed by atoms with E-state index in [1.807, 2.05) is 13.0 Å². The Balaban J connectivity index is 2.34. The van der Waals surface area contributed by atoms with Crippen LogP contribution in [0.25, 0.3) is 0 Å². The van der Waals surface area contributed by atoms with Crippen molar-refractivity contribution in [3.63, 3.8) is 0 Å². The van der Waals surface area contributed by atoms with Crippen LogP contribution in [0.3, 0.4) is 0 Å². The quantitative estimate of drug-likeness (QED) is 0.848. The first-order valence-corrected chi connectivity index (χ1v) is 7.00. The third-order valence-corrected chi connectivity index (χ3v) is 3.66. The van der Waals surface area contributed by atoms with Crippen LogP contribution in [0.5, 0.6) is 5.75 Å². The maximum absolute atomic E-state index is 12.1. The number of furan rings is 1. The molecule has 6 heteroatoms. The van der Waals surface area contributed by atoms with Crippen LogP contribution in [0.4, 0.5) is 5.69 Å². The SMILES string of the molecule is COc1cc(Br)cc(C)c1NC(=O)c1ccoc1Br. The van der Waals surface area contributed by atoms with Crippen LogP contribution < -0.4 is 10.1 Å². The van der Waals surface area contributed by atoms with Gasteiger partial charge in [0, 0.05) is 4.47 Å². The molecule has 1 aromatic carbocycles. The number of carbonyl (C=O) groups excluding carboxylic acids is 1. The fraction of sp³-hybridized carbons (Fsp3) is 0.154. The minimum atomic E-state index is -0.260. The van der Waals surface area contributed by atoms with Crippen LogP contribution in [-0.4, -0.2) is 13.0 Å². The van der Waals surface area contributed by atoms with Crippen molar-refractivity contribution in [1.82, 2.24) is 0 Å². The average Bonchev–Trinajstić information content (AvgIpc) is 2.78. The van der Waals surface area contributed by atoms with E-state index in [0.29, 0.717) is 21.7 Å². The number of hydrogen-bond acceptors (Lipinski definition) is 3. The number of carbonyl (C=O) groups is 1. The first kappa shape index (κ1) is 14.1. The Hall–Kier alpha value is -1.27. The molecule has 1 heterocycles. The maximum Gasteiger partial charge on any atom is 0.260 e. The first-order chi connectivity index (χ1) is 9.02. The molecule has 19 heavy (non-hydrogen) atoms. The molecule has 2 rings (SSSR count). The van der Waals surface area contributed by atoms with Gasteiger partial charge in [0.2, 0.25) is 0 Å². The van der Waals surface area contributed by atoms with E-state index < -0.39 is 0 Å². The molecule has 0 radical (unpaired) electrons. The van der Waals surface area contributed by atoms with E-state index >= 15 is 0 Å². The molecule has 0 aliphatic heterocycles. The van der Waals surface area contributed by atoms with Crippen molar-refractivity contribution < 1.29 is 13.9 Å². The zero-order valence-electron chi connectivity index (χ0n) is 10.3. The summed E-state index contributed by atoms with van der Waals surface area (Å²) in [6.07, 6.45) is 1.45. The molecule has 0 aliphatic rings. The number of ether oxygens (including phenoxy) is 1. The Morgan fingerprint density at radius 2 is 2.11 bits per heavy atom. The minimum absolute atomic E-state index is 0.260. The molecule has 1 amide bonds. The molecule has 0 bridgehead atoms. The second-order valence-electron chi connectivity index (χ2n) is 3.86.